The number of amides is 1. The Morgan fingerprint density at radius 1 is 1.08 bits per heavy atom. The van der Waals surface area contributed by atoms with Crippen LogP contribution < -0.4 is 5.32 Å². The number of nitrogens with zero attached hydrogens (tertiary/aromatic N) is 3. The van der Waals surface area contributed by atoms with Crippen LogP contribution in [0.15, 0.2) is 65.8 Å². The topological polar surface area (TPSA) is 59.8 Å². The molecule has 0 radical (unpaired) electrons. The molecule has 0 aliphatic rings. The van der Waals surface area contributed by atoms with Gasteiger partial charge in [-0.15, -0.1) is 10.2 Å². The standard InChI is InChI=1S/C19H20N4OS/c1-14(18(24)20-13-15-9-5-3-6-10-15)25-19-22-21-17(23(19)2)16-11-7-4-8-12-16/h3-12,14H,13H2,1-2H3,(H,20,24)/t14-/m1/s1. The second-order valence-electron chi connectivity index (χ2n) is 5.69. The predicted octanol–water partition coefficient (Wildman–Crippen LogP) is 3.28. The van der Waals surface area contributed by atoms with Gasteiger partial charge in [0.1, 0.15) is 0 Å². The number of carbonyl (C=O) groups is 1. The third-order valence-electron chi connectivity index (χ3n) is 3.83. The van der Waals surface area contributed by atoms with Crippen LogP contribution in [0.2, 0.25) is 0 Å². The van der Waals surface area contributed by atoms with Crippen LogP contribution in [0.1, 0.15) is 12.5 Å². The van der Waals surface area contributed by atoms with E-state index in [9.17, 15) is 4.79 Å². The van der Waals surface area contributed by atoms with E-state index >= 15 is 0 Å². The summed E-state index contributed by atoms with van der Waals surface area (Å²) in [5.74, 6) is 0.776. The molecule has 3 rings (SSSR count). The molecule has 0 bridgehead atoms. The number of hydrogen-bond donors (Lipinski definition) is 1. The van der Waals surface area contributed by atoms with Gasteiger partial charge < -0.3 is 9.88 Å². The molecule has 128 valence electrons. The quantitative estimate of drug-likeness (QED) is 0.692. The molecule has 1 aromatic heterocycles. The fraction of sp³-hybridized carbons (Fsp3) is 0.211. The lowest BCUT2D eigenvalue weighted by molar-refractivity contribution is -0.120. The van der Waals surface area contributed by atoms with Crippen LogP contribution >= 0.6 is 11.8 Å². The van der Waals surface area contributed by atoms with Crippen LogP contribution in [0.4, 0.5) is 0 Å². The van der Waals surface area contributed by atoms with Crippen molar-refractivity contribution in [3.05, 3.63) is 66.2 Å². The fourth-order valence-electron chi connectivity index (χ4n) is 2.40. The lowest BCUT2D eigenvalue weighted by Crippen LogP contribution is -2.30. The molecular weight excluding hydrogens is 332 g/mol. The number of carbonyl (C=O) groups excluding carboxylic acids is 1. The maximum atomic E-state index is 12.3. The second-order valence-corrected chi connectivity index (χ2v) is 7.00. The molecule has 1 N–H and O–H groups in total. The zero-order valence-electron chi connectivity index (χ0n) is 14.2. The number of rotatable bonds is 6. The molecule has 1 atom stereocenters. The zero-order valence-corrected chi connectivity index (χ0v) is 15.0. The minimum Gasteiger partial charge on any atom is -0.351 e. The van der Waals surface area contributed by atoms with Crippen molar-refractivity contribution in [3.63, 3.8) is 0 Å². The molecule has 25 heavy (non-hydrogen) atoms. The molecular formula is C19H20N4OS. The fourth-order valence-corrected chi connectivity index (χ4v) is 3.24. The molecule has 3 aromatic rings. The van der Waals surface area contributed by atoms with E-state index in [1.165, 1.54) is 11.8 Å². The van der Waals surface area contributed by atoms with E-state index in [0.29, 0.717) is 6.54 Å². The minimum absolute atomic E-state index is 0.0156. The van der Waals surface area contributed by atoms with E-state index < -0.39 is 0 Å². The molecule has 0 spiro atoms. The van der Waals surface area contributed by atoms with Gasteiger partial charge in [0.05, 0.1) is 5.25 Å². The van der Waals surface area contributed by atoms with Crippen LogP contribution in [-0.4, -0.2) is 25.9 Å². The van der Waals surface area contributed by atoms with Crippen molar-refractivity contribution in [2.75, 3.05) is 0 Å². The summed E-state index contributed by atoms with van der Waals surface area (Å²) in [5.41, 5.74) is 2.09. The normalized spacial score (nSPS) is 11.9. The van der Waals surface area contributed by atoms with E-state index in [4.69, 9.17) is 0 Å². The number of aromatic nitrogens is 3. The van der Waals surface area contributed by atoms with Crippen molar-refractivity contribution in [2.45, 2.75) is 23.9 Å². The Morgan fingerprint density at radius 3 is 2.40 bits per heavy atom. The van der Waals surface area contributed by atoms with Crippen LogP contribution in [0.3, 0.4) is 0 Å². The lowest BCUT2D eigenvalue weighted by atomic mass is 10.2. The average molecular weight is 352 g/mol. The van der Waals surface area contributed by atoms with Gasteiger partial charge in [-0.05, 0) is 12.5 Å². The van der Waals surface area contributed by atoms with Crippen molar-refractivity contribution in [2.24, 2.45) is 7.05 Å². The summed E-state index contributed by atoms with van der Waals surface area (Å²) in [6.45, 7) is 2.40. The molecule has 2 aromatic carbocycles. The highest BCUT2D eigenvalue weighted by Gasteiger charge is 2.19. The van der Waals surface area contributed by atoms with Crippen molar-refractivity contribution in [1.29, 1.82) is 0 Å². The van der Waals surface area contributed by atoms with E-state index in [1.807, 2.05) is 79.2 Å². The third kappa shape index (κ3) is 4.28. The first-order valence-corrected chi connectivity index (χ1v) is 8.96. The van der Waals surface area contributed by atoms with E-state index in [2.05, 4.69) is 15.5 Å². The van der Waals surface area contributed by atoms with E-state index in [1.54, 1.807) is 0 Å². The number of nitrogens with one attached hydrogen (secondary N) is 1. The maximum absolute atomic E-state index is 12.3. The van der Waals surface area contributed by atoms with E-state index in [0.717, 1.165) is 22.1 Å². The van der Waals surface area contributed by atoms with Gasteiger partial charge in [-0.3, -0.25) is 4.79 Å². The van der Waals surface area contributed by atoms with Crippen LogP contribution in [0.25, 0.3) is 11.4 Å². The van der Waals surface area contributed by atoms with Gasteiger partial charge in [-0.1, -0.05) is 72.4 Å². The molecule has 0 aliphatic heterocycles. The van der Waals surface area contributed by atoms with Gasteiger partial charge in [0.15, 0.2) is 11.0 Å². The first-order valence-electron chi connectivity index (χ1n) is 8.08. The van der Waals surface area contributed by atoms with Crippen LogP contribution in [0, 0.1) is 0 Å². The van der Waals surface area contributed by atoms with Crippen LogP contribution in [0.5, 0.6) is 0 Å². The lowest BCUT2D eigenvalue weighted by Gasteiger charge is -2.11. The SMILES string of the molecule is C[C@@H](Sc1nnc(-c2ccccc2)n1C)C(=O)NCc1ccccc1. The number of thioether (sulfide) groups is 1. The van der Waals surface area contributed by atoms with Crippen molar-refractivity contribution in [3.8, 4) is 11.4 Å². The monoisotopic (exact) mass is 352 g/mol. The molecule has 0 saturated carbocycles. The molecule has 0 unspecified atom stereocenters. The minimum atomic E-state index is -0.254. The number of benzene rings is 2. The van der Waals surface area contributed by atoms with Gasteiger partial charge in [-0.25, -0.2) is 0 Å². The second kappa shape index (κ2) is 7.98. The summed E-state index contributed by atoms with van der Waals surface area (Å²) in [5, 5.41) is 11.9. The molecule has 0 aliphatic carbocycles. The third-order valence-corrected chi connectivity index (χ3v) is 4.96. The Morgan fingerprint density at radius 2 is 1.72 bits per heavy atom. The van der Waals surface area contributed by atoms with Gasteiger partial charge in [0.25, 0.3) is 0 Å². The molecule has 5 nitrogen and oxygen atoms in total. The molecule has 1 amide bonds. The highest BCUT2D eigenvalue weighted by molar-refractivity contribution is 8.00. The Hall–Kier alpha value is -2.60. The summed E-state index contributed by atoms with van der Waals surface area (Å²) in [4.78, 5) is 12.3. The van der Waals surface area contributed by atoms with Gasteiger partial charge in [0.2, 0.25) is 5.91 Å². The first kappa shape index (κ1) is 17.2. The summed E-state index contributed by atoms with van der Waals surface area (Å²) in [6, 6.07) is 19.8. The first-order chi connectivity index (χ1) is 12.1. The smallest absolute Gasteiger partial charge is 0.233 e. The van der Waals surface area contributed by atoms with E-state index in [-0.39, 0.29) is 11.2 Å². The molecule has 6 heteroatoms. The Kier molecular flexibility index (Phi) is 5.50. The summed E-state index contributed by atoms with van der Waals surface area (Å²) in [6.07, 6.45) is 0. The zero-order chi connectivity index (χ0) is 17.6. The summed E-state index contributed by atoms with van der Waals surface area (Å²) < 4.78 is 1.92. The van der Waals surface area contributed by atoms with Crippen molar-refractivity contribution in [1.82, 2.24) is 20.1 Å². The Balaban J connectivity index is 1.62. The van der Waals surface area contributed by atoms with Crippen LogP contribution in [-0.2, 0) is 18.4 Å². The summed E-state index contributed by atoms with van der Waals surface area (Å²) in [7, 11) is 1.92. The van der Waals surface area contributed by atoms with Gasteiger partial charge in [-0.2, -0.15) is 0 Å². The van der Waals surface area contributed by atoms with Gasteiger partial charge >= 0.3 is 0 Å². The Labute approximate surface area is 151 Å². The average Bonchev–Trinajstić information content (AvgIpc) is 3.01. The van der Waals surface area contributed by atoms with Crippen molar-refractivity contribution >= 4 is 17.7 Å². The molecule has 0 fully saturated rings. The maximum Gasteiger partial charge on any atom is 0.233 e. The van der Waals surface area contributed by atoms with Gasteiger partial charge in [0, 0.05) is 19.2 Å². The summed E-state index contributed by atoms with van der Waals surface area (Å²) >= 11 is 1.41. The molecule has 0 saturated heterocycles. The molecule has 1 heterocycles. The number of hydrogen-bond acceptors (Lipinski definition) is 4. The Bertz CT molecular complexity index is 833. The highest BCUT2D eigenvalue weighted by Crippen LogP contribution is 2.25. The highest BCUT2D eigenvalue weighted by atomic mass is 32.2. The predicted molar refractivity (Wildman–Crippen MR) is 100 cm³/mol. The van der Waals surface area contributed by atoms with Crippen molar-refractivity contribution < 1.29 is 4.79 Å². The largest absolute Gasteiger partial charge is 0.351 e.